The second kappa shape index (κ2) is 6.17. The first-order chi connectivity index (χ1) is 10.0. The lowest BCUT2D eigenvalue weighted by molar-refractivity contribution is -0.141. The third-order valence-electron chi connectivity index (χ3n) is 3.06. The number of carbonyl (C=O) groups excluding carboxylic acids is 4. The maximum absolute atomic E-state index is 11.9. The molecule has 0 aliphatic carbocycles. The molecule has 2 rings (SSSR count). The average molecular weight is 290 g/mol. The van der Waals surface area contributed by atoms with E-state index < -0.39 is 11.9 Å². The smallest absolute Gasteiger partial charge is 0.339 e. The molecule has 1 aromatic rings. The molecule has 0 radical (unpaired) electrons. The van der Waals surface area contributed by atoms with E-state index in [4.69, 9.17) is 0 Å². The van der Waals surface area contributed by atoms with Crippen molar-refractivity contribution in [1.29, 1.82) is 0 Å². The highest BCUT2D eigenvalue weighted by molar-refractivity contribution is 6.07. The molecular formula is C14H14N2O5. The Labute approximate surface area is 120 Å². The fraction of sp³-hybridized carbons (Fsp3) is 0.286. The Bertz CT molecular complexity index is 595. The quantitative estimate of drug-likeness (QED) is 0.646. The van der Waals surface area contributed by atoms with E-state index in [2.05, 4.69) is 10.1 Å². The van der Waals surface area contributed by atoms with Crippen LogP contribution in [0.5, 0.6) is 0 Å². The van der Waals surface area contributed by atoms with Crippen molar-refractivity contribution < 1.29 is 23.9 Å². The van der Waals surface area contributed by atoms with Gasteiger partial charge in [0.1, 0.15) is 6.54 Å². The van der Waals surface area contributed by atoms with Crippen molar-refractivity contribution in [1.82, 2.24) is 4.90 Å². The van der Waals surface area contributed by atoms with Crippen LogP contribution < -0.4 is 5.32 Å². The van der Waals surface area contributed by atoms with Gasteiger partial charge in [0.05, 0.1) is 18.4 Å². The third-order valence-corrected chi connectivity index (χ3v) is 3.06. The number of hydrogen-bond donors (Lipinski definition) is 1. The van der Waals surface area contributed by atoms with E-state index in [0.29, 0.717) is 0 Å². The van der Waals surface area contributed by atoms with Crippen molar-refractivity contribution in [3.8, 4) is 0 Å². The number of ether oxygens (including phenoxy) is 1. The Morgan fingerprint density at radius 3 is 2.43 bits per heavy atom. The summed E-state index contributed by atoms with van der Waals surface area (Å²) in [6, 6.07) is 6.33. The second-order valence-corrected chi connectivity index (χ2v) is 4.46. The molecular weight excluding hydrogens is 276 g/mol. The maximum atomic E-state index is 11.9. The van der Waals surface area contributed by atoms with Gasteiger partial charge in [-0.3, -0.25) is 19.3 Å². The topological polar surface area (TPSA) is 92.8 Å². The lowest BCUT2D eigenvalue weighted by atomic mass is 10.2. The van der Waals surface area contributed by atoms with Crippen LogP contribution in [0.3, 0.4) is 0 Å². The largest absolute Gasteiger partial charge is 0.465 e. The molecule has 1 N–H and O–H groups in total. The first-order valence-corrected chi connectivity index (χ1v) is 6.33. The zero-order chi connectivity index (χ0) is 15.4. The van der Waals surface area contributed by atoms with Gasteiger partial charge in [-0.15, -0.1) is 0 Å². The van der Waals surface area contributed by atoms with Crippen LogP contribution in [-0.4, -0.2) is 42.2 Å². The second-order valence-electron chi connectivity index (χ2n) is 4.46. The number of rotatable bonds is 4. The van der Waals surface area contributed by atoms with Crippen LogP contribution in [0.1, 0.15) is 23.2 Å². The molecule has 3 amide bonds. The van der Waals surface area contributed by atoms with Crippen LogP contribution in [0.25, 0.3) is 0 Å². The van der Waals surface area contributed by atoms with Gasteiger partial charge in [-0.05, 0) is 12.1 Å². The van der Waals surface area contributed by atoms with Crippen LogP contribution >= 0.6 is 0 Å². The van der Waals surface area contributed by atoms with Gasteiger partial charge in [-0.25, -0.2) is 4.79 Å². The lowest BCUT2D eigenvalue weighted by Gasteiger charge is -2.14. The van der Waals surface area contributed by atoms with Gasteiger partial charge >= 0.3 is 5.97 Å². The molecule has 21 heavy (non-hydrogen) atoms. The predicted octanol–water partition coefficient (Wildman–Crippen LogP) is 0.561. The highest BCUT2D eigenvalue weighted by Crippen LogP contribution is 2.17. The number of methoxy groups -OCH3 is 1. The van der Waals surface area contributed by atoms with Crippen LogP contribution in [0.15, 0.2) is 24.3 Å². The molecule has 7 heteroatoms. The molecule has 110 valence electrons. The Kier molecular flexibility index (Phi) is 4.32. The van der Waals surface area contributed by atoms with Gasteiger partial charge in [0.25, 0.3) is 0 Å². The van der Waals surface area contributed by atoms with E-state index in [9.17, 15) is 19.2 Å². The van der Waals surface area contributed by atoms with E-state index >= 15 is 0 Å². The Morgan fingerprint density at radius 1 is 1.19 bits per heavy atom. The standard InChI is InChI=1S/C14H14N2O5/c1-21-14(20)9-4-2-3-5-10(9)15-11(17)8-16-12(18)6-7-13(16)19/h2-5H,6-8H2,1H3,(H,15,17). The number of nitrogens with one attached hydrogen (secondary N) is 1. The summed E-state index contributed by atoms with van der Waals surface area (Å²) in [5.74, 6) is -1.86. The number of para-hydroxylation sites is 1. The van der Waals surface area contributed by atoms with E-state index in [0.717, 1.165) is 4.90 Å². The molecule has 0 atom stereocenters. The molecule has 0 saturated carbocycles. The van der Waals surface area contributed by atoms with Crippen molar-refractivity contribution in [2.24, 2.45) is 0 Å². The lowest BCUT2D eigenvalue weighted by Crippen LogP contribution is -2.37. The van der Waals surface area contributed by atoms with Crippen LogP contribution in [0.4, 0.5) is 5.69 Å². The van der Waals surface area contributed by atoms with Gasteiger partial charge in [-0.1, -0.05) is 12.1 Å². The highest BCUT2D eigenvalue weighted by Gasteiger charge is 2.30. The normalized spacial score (nSPS) is 14.2. The molecule has 1 aromatic carbocycles. The van der Waals surface area contributed by atoms with Crippen LogP contribution in [0, 0.1) is 0 Å². The van der Waals surface area contributed by atoms with Crippen molar-refractivity contribution in [2.75, 3.05) is 19.0 Å². The number of imide groups is 1. The van der Waals surface area contributed by atoms with Crippen molar-refractivity contribution in [3.05, 3.63) is 29.8 Å². The van der Waals surface area contributed by atoms with Crippen molar-refractivity contribution in [3.63, 3.8) is 0 Å². The van der Waals surface area contributed by atoms with E-state index in [1.54, 1.807) is 12.1 Å². The Morgan fingerprint density at radius 2 is 1.81 bits per heavy atom. The Hall–Kier alpha value is -2.70. The minimum absolute atomic E-state index is 0.130. The maximum Gasteiger partial charge on any atom is 0.339 e. The van der Waals surface area contributed by atoms with Gasteiger partial charge < -0.3 is 10.1 Å². The summed E-state index contributed by atoms with van der Waals surface area (Å²) >= 11 is 0. The number of amides is 3. The molecule has 0 bridgehead atoms. The molecule has 7 nitrogen and oxygen atoms in total. The van der Waals surface area contributed by atoms with Gasteiger partial charge in [0, 0.05) is 12.8 Å². The molecule has 1 aliphatic heterocycles. The van der Waals surface area contributed by atoms with Crippen LogP contribution in [0.2, 0.25) is 0 Å². The van der Waals surface area contributed by atoms with E-state index in [1.165, 1.54) is 19.2 Å². The van der Waals surface area contributed by atoms with E-state index in [1.807, 2.05) is 0 Å². The molecule has 0 spiro atoms. The average Bonchev–Trinajstić information content (AvgIpc) is 2.79. The summed E-state index contributed by atoms with van der Waals surface area (Å²) in [6.07, 6.45) is 0.260. The number of likely N-dealkylation sites (tertiary alicyclic amines) is 1. The highest BCUT2D eigenvalue weighted by atomic mass is 16.5. The van der Waals surface area contributed by atoms with Gasteiger partial charge in [0.15, 0.2) is 0 Å². The summed E-state index contributed by atoms with van der Waals surface area (Å²) in [5.41, 5.74) is 0.473. The number of esters is 1. The first kappa shape index (κ1) is 14.7. The summed E-state index contributed by atoms with van der Waals surface area (Å²) in [7, 11) is 1.24. The fourth-order valence-corrected chi connectivity index (χ4v) is 2.01. The van der Waals surface area contributed by atoms with Crippen LogP contribution in [-0.2, 0) is 19.1 Å². The molecule has 1 saturated heterocycles. The van der Waals surface area contributed by atoms with Gasteiger partial charge in [-0.2, -0.15) is 0 Å². The fourth-order valence-electron chi connectivity index (χ4n) is 2.01. The molecule has 0 unspecified atom stereocenters. The molecule has 0 aromatic heterocycles. The summed E-state index contributed by atoms with van der Waals surface area (Å²) in [4.78, 5) is 47.3. The minimum Gasteiger partial charge on any atom is -0.465 e. The SMILES string of the molecule is COC(=O)c1ccccc1NC(=O)CN1C(=O)CCC1=O. The molecule has 1 fully saturated rings. The summed E-state index contributed by atoms with van der Waals surface area (Å²) in [6.45, 7) is -0.354. The molecule has 1 aliphatic rings. The van der Waals surface area contributed by atoms with Gasteiger partial charge in [0.2, 0.25) is 17.7 Å². The number of hydrogen-bond acceptors (Lipinski definition) is 5. The number of anilines is 1. The number of carbonyl (C=O) groups is 4. The minimum atomic E-state index is -0.584. The number of benzene rings is 1. The van der Waals surface area contributed by atoms with Crippen molar-refractivity contribution in [2.45, 2.75) is 12.8 Å². The number of nitrogens with zero attached hydrogens (tertiary/aromatic N) is 1. The van der Waals surface area contributed by atoms with Crippen molar-refractivity contribution >= 4 is 29.4 Å². The third kappa shape index (κ3) is 3.25. The zero-order valence-electron chi connectivity index (χ0n) is 11.4. The first-order valence-electron chi connectivity index (χ1n) is 6.33. The summed E-state index contributed by atoms with van der Waals surface area (Å²) in [5, 5.41) is 2.51. The zero-order valence-corrected chi connectivity index (χ0v) is 11.4. The Balaban J connectivity index is 2.08. The summed E-state index contributed by atoms with van der Waals surface area (Å²) < 4.78 is 4.62. The van der Waals surface area contributed by atoms with E-state index in [-0.39, 0.29) is 42.5 Å². The monoisotopic (exact) mass is 290 g/mol. The molecule has 1 heterocycles. The predicted molar refractivity (Wildman–Crippen MR) is 72.4 cm³/mol.